The first-order valence-corrected chi connectivity index (χ1v) is 6.70. The molecule has 4 heteroatoms. The summed E-state index contributed by atoms with van der Waals surface area (Å²) in [4.78, 5) is 0. The van der Waals surface area contributed by atoms with Crippen LogP contribution >= 0.6 is 11.6 Å². The molecule has 0 heterocycles. The Labute approximate surface area is 112 Å². The molecule has 1 aliphatic rings. The molecule has 2 N–H and O–H groups in total. The van der Waals surface area contributed by atoms with Gasteiger partial charge in [-0.3, -0.25) is 0 Å². The zero-order chi connectivity index (χ0) is 13.0. The summed E-state index contributed by atoms with van der Waals surface area (Å²) in [7, 11) is 0. The maximum Gasteiger partial charge on any atom is 0.101 e. The number of hydrogen-bond donors (Lipinski definition) is 2. The highest BCUT2D eigenvalue weighted by atomic mass is 35.5. The lowest BCUT2D eigenvalue weighted by Crippen LogP contribution is -2.30. The average Bonchev–Trinajstić information content (AvgIpc) is 2.38. The van der Waals surface area contributed by atoms with Gasteiger partial charge in [-0.1, -0.05) is 24.4 Å². The summed E-state index contributed by atoms with van der Waals surface area (Å²) in [5, 5.41) is 22.8. The van der Waals surface area contributed by atoms with E-state index < -0.39 is 0 Å². The molecular weight excluding hydrogens is 248 g/mol. The number of aliphatic hydroxyl groups is 1. The van der Waals surface area contributed by atoms with Crippen LogP contribution in [-0.2, 0) is 0 Å². The van der Waals surface area contributed by atoms with Crippen molar-refractivity contribution in [2.45, 2.75) is 31.8 Å². The fourth-order valence-corrected chi connectivity index (χ4v) is 2.60. The van der Waals surface area contributed by atoms with Crippen molar-refractivity contribution in [1.82, 2.24) is 0 Å². The van der Waals surface area contributed by atoms with Crippen LogP contribution in [-0.4, -0.2) is 17.8 Å². The van der Waals surface area contributed by atoms with Crippen molar-refractivity contribution in [3.05, 3.63) is 28.8 Å². The molecule has 0 saturated heterocycles. The fourth-order valence-electron chi connectivity index (χ4n) is 2.43. The molecule has 0 spiro atoms. The second kappa shape index (κ2) is 6.08. The summed E-state index contributed by atoms with van der Waals surface area (Å²) in [5.41, 5.74) is 1.34. The largest absolute Gasteiger partial charge is 0.393 e. The highest BCUT2D eigenvalue weighted by Gasteiger charge is 2.22. The van der Waals surface area contributed by atoms with Crippen LogP contribution in [0.2, 0.25) is 5.02 Å². The lowest BCUT2D eigenvalue weighted by atomic mass is 9.86. The standard InChI is InChI=1S/C14H17ClN2O/c15-12-6-5-10(8-16)13(7-12)17-9-11-3-1-2-4-14(11)18/h5-7,11,14,17-18H,1-4,9H2. The second-order valence-electron chi connectivity index (χ2n) is 4.79. The Balaban J connectivity index is 2.01. The number of nitriles is 1. The Bertz CT molecular complexity index is 456. The van der Waals surface area contributed by atoms with E-state index in [1.807, 2.05) is 0 Å². The normalized spacial score (nSPS) is 23.4. The maximum atomic E-state index is 9.90. The number of nitrogens with zero attached hydrogens (tertiary/aromatic N) is 1. The lowest BCUT2D eigenvalue weighted by molar-refractivity contribution is 0.0763. The first-order valence-electron chi connectivity index (χ1n) is 6.32. The number of aliphatic hydroxyl groups excluding tert-OH is 1. The molecule has 96 valence electrons. The van der Waals surface area contributed by atoms with E-state index in [1.165, 1.54) is 6.42 Å². The predicted octanol–water partition coefficient (Wildman–Crippen LogP) is 3.17. The van der Waals surface area contributed by atoms with E-state index in [9.17, 15) is 5.11 Å². The molecule has 0 amide bonds. The van der Waals surface area contributed by atoms with Crippen LogP contribution in [0.25, 0.3) is 0 Å². The SMILES string of the molecule is N#Cc1ccc(Cl)cc1NCC1CCCCC1O. The topological polar surface area (TPSA) is 56.0 Å². The van der Waals surface area contributed by atoms with Crippen LogP contribution in [0.1, 0.15) is 31.2 Å². The molecule has 1 aliphatic carbocycles. The first kappa shape index (κ1) is 13.2. The van der Waals surface area contributed by atoms with Crippen LogP contribution in [0.15, 0.2) is 18.2 Å². The number of halogens is 1. The Morgan fingerprint density at radius 1 is 1.39 bits per heavy atom. The molecular formula is C14H17ClN2O. The summed E-state index contributed by atoms with van der Waals surface area (Å²) >= 11 is 5.93. The van der Waals surface area contributed by atoms with Gasteiger partial charge in [-0.25, -0.2) is 0 Å². The van der Waals surface area contributed by atoms with E-state index in [0.29, 0.717) is 17.1 Å². The van der Waals surface area contributed by atoms with Crippen molar-refractivity contribution in [3.63, 3.8) is 0 Å². The van der Waals surface area contributed by atoms with Crippen LogP contribution < -0.4 is 5.32 Å². The van der Waals surface area contributed by atoms with Gasteiger partial charge in [0.15, 0.2) is 0 Å². The van der Waals surface area contributed by atoms with Crippen molar-refractivity contribution >= 4 is 17.3 Å². The van der Waals surface area contributed by atoms with Gasteiger partial charge in [0, 0.05) is 17.5 Å². The minimum Gasteiger partial charge on any atom is -0.393 e. The van der Waals surface area contributed by atoms with E-state index in [0.717, 1.165) is 24.9 Å². The molecule has 2 atom stereocenters. The third-order valence-corrected chi connectivity index (χ3v) is 3.76. The maximum absolute atomic E-state index is 9.90. The van der Waals surface area contributed by atoms with E-state index >= 15 is 0 Å². The predicted molar refractivity (Wildman–Crippen MR) is 72.6 cm³/mol. The smallest absolute Gasteiger partial charge is 0.101 e. The summed E-state index contributed by atoms with van der Waals surface area (Å²) in [5.74, 6) is 0.268. The van der Waals surface area contributed by atoms with Gasteiger partial charge < -0.3 is 10.4 Å². The van der Waals surface area contributed by atoms with Gasteiger partial charge in [0.2, 0.25) is 0 Å². The molecule has 3 nitrogen and oxygen atoms in total. The monoisotopic (exact) mass is 264 g/mol. The van der Waals surface area contributed by atoms with Gasteiger partial charge in [-0.05, 0) is 31.0 Å². The van der Waals surface area contributed by atoms with E-state index in [-0.39, 0.29) is 12.0 Å². The summed E-state index contributed by atoms with van der Waals surface area (Å²) in [6.45, 7) is 0.691. The molecule has 0 aliphatic heterocycles. The first-order chi connectivity index (χ1) is 8.70. The third kappa shape index (κ3) is 3.16. The van der Waals surface area contributed by atoms with Crippen molar-refractivity contribution in [2.24, 2.45) is 5.92 Å². The molecule has 0 aromatic heterocycles. The lowest BCUT2D eigenvalue weighted by Gasteiger charge is -2.28. The molecule has 18 heavy (non-hydrogen) atoms. The third-order valence-electron chi connectivity index (χ3n) is 3.53. The summed E-state index contributed by atoms with van der Waals surface area (Å²) in [6.07, 6.45) is 3.97. The number of anilines is 1. The van der Waals surface area contributed by atoms with Gasteiger partial charge in [0.05, 0.1) is 17.4 Å². The summed E-state index contributed by atoms with van der Waals surface area (Å²) in [6, 6.07) is 7.32. The molecule has 0 bridgehead atoms. The fraction of sp³-hybridized carbons (Fsp3) is 0.500. The Hall–Kier alpha value is -1.24. The molecule has 2 unspecified atom stereocenters. The van der Waals surface area contributed by atoms with Crippen molar-refractivity contribution < 1.29 is 5.11 Å². The van der Waals surface area contributed by atoms with Crippen molar-refractivity contribution in [3.8, 4) is 6.07 Å². The van der Waals surface area contributed by atoms with Crippen molar-refractivity contribution in [1.29, 1.82) is 5.26 Å². The number of benzene rings is 1. The molecule has 1 aromatic carbocycles. The van der Waals surface area contributed by atoms with E-state index in [2.05, 4.69) is 11.4 Å². The van der Waals surface area contributed by atoms with Crippen LogP contribution in [0, 0.1) is 17.2 Å². The van der Waals surface area contributed by atoms with E-state index in [1.54, 1.807) is 18.2 Å². The van der Waals surface area contributed by atoms with Gasteiger partial charge >= 0.3 is 0 Å². The molecule has 2 rings (SSSR count). The van der Waals surface area contributed by atoms with Gasteiger partial charge in [0.1, 0.15) is 6.07 Å². The van der Waals surface area contributed by atoms with E-state index in [4.69, 9.17) is 16.9 Å². The Kier molecular flexibility index (Phi) is 4.46. The zero-order valence-electron chi connectivity index (χ0n) is 10.2. The highest BCUT2D eigenvalue weighted by Crippen LogP contribution is 2.26. The zero-order valence-corrected chi connectivity index (χ0v) is 11.0. The minimum absolute atomic E-state index is 0.226. The summed E-state index contributed by atoms with van der Waals surface area (Å²) < 4.78 is 0. The molecule has 1 aromatic rings. The quantitative estimate of drug-likeness (QED) is 0.882. The van der Waals surface area contributed by atoms with Crippen LogP contribution in [0.4, 0.5) is 5.69 Å². The van der Waals surface area contributed by atoms with Gasteiger partial charge in [-0.15, -0.1) is 0 Å². The minimum atomic E-state index is -0.226. The Morgan fingerprint density at radius 3 is 2.89 bits per heavy atom. The van der Waals surface area contributed by atoms with Crippen molar-refractivity contribution in [2.75, 3.05) is 11.9 Å². The second-order valence-corrected chi connectivity index (χ2v) is 5.23. The highest BCUT2D eigenvalue weighted by molar-refractivity contribution is 6.30. The number of hydrogen-bond acceptors (Lipinski definition) is 3. The number of nitrogens with one attached hydrogen (secondary N) is 1. The Morgan fingerprint density at radius 2 is 2.17 bits per heavy atom. The average molecular weight is 265 g/mol. The molecule has 0 radical (unpaired) electrons. The van der Waals surface area contributed by atoms with Gasteiger partial charge in [0.25, 0.3) is 0 Å². The van der Waals surface area contributed by atoms with Crippen LogP contribution in [0.5, 0.6) is 0 Å². The van der Waals surface area contributed by atoms with Crippen LogP contribution in [0.3, 0.4) is 0 Å². The number of rotatable bonds is 3. The molecule has 1 fully saturated rings. The molecule has 1 saturated carbocycles. The van der Waals surface area contributed by atoms with Gasteiger partial charge in [-0.2, -0.15) is 5.26 Å².